The first-order valence-corrected chi connectivity index (χ1v) is 7.99. The van der Waals surface area contributed by atoms with E-state index in [4.69, 9.17) is 5.11 Å². The molecule has 7 nitrogen and oxygen atoms in total. The van der Waals surface area contributed by atoms with E-state index >= 15 is 0 Å². The molecule has 108 valence electrons. The summed E-state index contributed by atoms with van der Waals surface area (Å²) in [5.41, 5.74) is 0.380. The number of hydrogen-bond donors (Lipinski definition) is 3. The Morgan fingerprint density at radius 2 is 2.20 bits per heavy atom. The fraction of sp³-hybridized carbons (Fsp3) is 0.273. The fourth-order valence-electron chi connectivity index (χ4n) is 1.92. The molecule has 0 aliphatic heterocycles. The number of thiazole rings is 1. The number of hydrogen-bond acceptors (Lipinski definition) is 5. The van der Waals surface area contributed by atoms with Crippen molar-refractivity contribution in [3.63, 3.8) is 0 Å². The monoisotopic (exact) mass is 315 g/mol. The van der Waals surface area contributed by atoms with Crippen LogP contribution in [0.25, 0.3) is 0 Å². The van der Waals surface area contributed by atoms with Crippen LogP contribution in [0.5, 0.6) is 0 Å². The van der Waals surface area contributed by atoms with Crippen LogP contribution in [0.15, 0.2) is 16.5 Å². The predicted molar refractivity (Wildman–Crippen MR) is 73.4 cm³/mol. The van der Waals surface area contributed by atoms with Crippen molar-refractivity contribution < 1.29 is 18.3 Å². The summed E-state index contributed by atoms with van der Waals surface area (Å²) in [7, 11) is -3.79. The molecule has 2 aromatic rings. The van der Waals surface area contributed by atoms with Crippen molar-refractivity contribution in [3.8, 4) is 0 Å². The maximum Gasteiger partial charge on any atom is 0.352 e. The van der Waals surface area contributed by atoms with Crippen molar-refractivity contribution in [1.82, 2.24) is 14.7 Å². The van der Waals surface area contributed by atoms with E-state index in [9.17, 15) is 13.2 Å². The Morgan fingerprint density at radius 3 is 2.70 bits per heavy atom. The van der Waals surface area contributed by atoms with Gasteiger partial charge >= 0.3 is 5.97 Å². The van der Waals surface area contributed by atoms with E-state index in [1.54, 1.807) is 11.6 Å². The van der Waals surface area contributed by atoms with Gasteiger partial charge in [-0.3, -0.25) is 0 Å². The maximum atomic E-state index is 12.3. The Balaban J connectivity index is 2.32. The summed E-state index contributed by atoms with van der Waals surface area (Å²) in [6, 6.07) is 0. The zero-order valence-corrected chi connectivity index (χ0v) is 12.4. The first-order chi connectivity index (χ1) is 9.33. The Kier molecular flexibility index (Phi) is 3.93. The summed E-state index contributed by atoms with van der Waals surface area (Å²) >= 11 is 1.34. The van der Waals surface area contributed by atoms with E-state index in [-0.39, 0.29) is 22.7 Å². The summed E-state index contributed by atoms with van der Waals surface area (Å²) in [5, 5.41) is 11.4. The third kappa shape index (κ3) is 2.74. The molecule has 0 spiro atoms. The molecule has 0 unspecified atom stereocenters. The van der Waals surface area contributed by atoms with Gasteiger partial charge in [-0.25, -0.2) is 22.9 Å². The highest BCUT2D eigenvalue weighted by Crippen LogP contribution is 2.23. The smallest absolute Gasteiger partial charge is 0.352 e. The summed E-state index contributed by atoms with van der Waals surface area (Å²) < 4.78 is 26.9. The molecule has 0 amide bonds. The van der Waals surface area contributed by atoms with E-state index in [0.717, 1.165) is 0 Å². The van der Waals surface area contributed by atoms with Crippen molar-refractivity contribution in [2.75, 3.05) is 0 Å². The zero-order chi connectivity index (χ0) is 14.9. The molecule has 0 atom stereocenters. The first kappa shape index (κ1) is 14.7. The van der Waals surface area contributed by atoms with Crippen LogP contribution in [-0.4, -0.2) is 29.5 Å². The fourth-order valence-corrected chi connectivity index (χ4v) is 4.00. The number of rotatable bonds is 5. The Labute approximate surface area is 119 Å². The second-order valence-electron chi connectivity index (χ2n) is 4.13. The van der Waals surface area contributed by atoms with Crippen LogP contribution in [0.4, 0.5) is 0 Å². The van der Waals surface area contributed by atoms with Gasteiger partial charge in [0.25, 0.3) is 0 Å². The molecule has 20 heavy (non-hydrogen) atoms. The number of sulfonamides is 1. The van der Waals surface area contributed by atoms with E-state index in [1.807, 2.05) is 0 Å². The van der Waals surface area contributed by atoms with Gasteiger partial charge in [0, 0.05) is 22.8 Å². The molecule has 2 heterocycles. The number of aromatic nitrogens is 2. The first-order valence-electron chi connectivity index (χ1n) is 5.63. The van der Waals surface area contributed by atoms with Gasteiger partial charge in [0.15, 0.2) is 0 Å². The Hall–Kier alpha value is -1.71. The Bertz CT molecular complexity index is 732. The van der Waals surface area contributed by atoms with Gasteiger partial charge in [-0.15, -0.1) is 11.3 Å². The molecular formula is C11H13N3O4S2. The number of carboxylic acid groups (broad SMARTS) is 1. The number of nitrogens with zero attached hydrogens (tertiary/aromatic N) is 1. The van der Waals surface area contributed by atoms with Crippen LogP contribution < -0.4 is 4.72 Å². The van der Waals surface area contributed by atoms with Crippen LogP contribution in [0.2, 0.25) is 0 Å². The number of aromatic carboxylic acids is 1. The molecule has 0 radical (unpaired) electrons. The van der Waals surface area contributed by atoms with Gasteiger partial charge in [-0.2, -0.15) is 0 Å². The molecule has 0 fully saturated rings. The number of nitrogens with one attached hydrogen (secondary N) is 2. The highest BCUT2D eigenvalue weighted by atomic mass is 32.2. The lowest BCUT2D eigenvalue weighted by Crippen LogP contribution is -2.24. The molecular weight excluding hydrogens is 302 g/mol. The van der Waals surface area contributed by atoms with Gasteiger partial charge in [-0.1, -0.05) is 0 Å². The summed E-state index contributed by atoms with van der Waals surface area (Å²) in [5.74, 6) is -1.19. The van der Waals surface area contributed by atoms with Gasteiger partial charge < -0.3 is 10.1 Å². The van der Waals surface area contributed by atoms with E-state index in [1.165, 1.54) is 25.2 Å². The molecule has 0 saturated carbocycles. The standard InChI is InChI=1S/C11H13N3O4S2/c1-6-9(11(15)16)14-7(2)10(6)20(17,18)13-5-8-12-3-4-19-8/h3-4,13-14H,5H2,1-2H3,(H,15,16). The van der Waals surface area contributed by atoms with E-state index in [2.05, 4.69) is 14.7 Å². The molecule has 3 N–H and O–H groups in total. The average molecular weight is 315 g/mol. The largest absolute Gasteiger partial charge is 0.477 e. The maximum absolute atomic E-state index is 12.3. The lowest BCUT2D eigenvalue weighted by Gasteiger charge is -2.06. The zero-order valence-electron chi connectivity index (χ0n) is 10.8. The normalized spacial score (nSPS) is 11.7. The SMILES string of the molecule is Cc1[nH]c(C(=O)O)c(C)c1S(=O)(=O)NCc1nccs1. The van der Waals surface area contributed by atoms with Gasteiger partial charge in [0.1, 0.15) is 15.6 Å². The van der Waals surface area contributed by atoms with Crippen molar-refractivity contribution in [3.05, 3.63) is 33.5 Å². The quantitative estimate of drug-likeness (QED) is 0.769. The van der Waals surface area contributed by atoms with Crippen LogP contribution in [-0.2, 0) is 16.6 Å². The Morgan fingerprint density at radius 1 is 1.50 bits per heavy atom. The predicted octanol–water partition coefficient (Wildman–Crippen LogP) is 1.26. The minimum atomic E-state index is -3.79. The molecule has 0 saturated heterocycles. The minimum Gasteiger partial charge on any atom is -0.477 e. The molecule has 9 heteroatoms. The molecule has 0 bridgehead atoms. The summed E-state index contributed by atoms with van der Waals surface area (Å²) in [6.45, 7) is 3.06. The summed E-state index contributed by atoms with van der Waals surface area (Å²) in [6.07, 6.45) is 1.59. The van der Waals surface area contributed by atoms with E-state index in [0.29, 0.717) is 10.7 Å². The van der Waals surface area contributed by atoms with Gasteiger partial charge in [0.05, 0.1) is 6.54 Å². The van der Waals surface area contributed by atoms with Crippen molar-refractivity contribution in [2.24, 2.45) is 0 Å². The molecule has 0 aliphatic rings. The van der Waals surface area contributed by atoms with Crippen LogP contribution in [0.3, 0.4) is 0 Å². The number of carboxylic acids is 1. The molecule has 0 aliphatic carbocycles. The number of aromatic amines is 1. The van der Waals surface area contributed by atoms with Gasteiger partial charge in [0.2, 0.25) is 10.0 Å². The number of aryl methyl sites for hydroxylation is 1. The van der Waals surface area contributed by atoms with Crippen molar-refractivity contribution in [1.29, 1.82) is 0 Å². The van der Waals surface area contributed by atoms with Gasteiger partial charge in [-0.05, 0) is 13.8 Å². The van der Waals surface area contributed by atoms with Crippen LogP contribution in [0.1, 0.15) is 26.8 Å². The third-order valence-electron chi connectivity index (χ3n) is 2.75. The number of carbonyl (C=O) groups is 1. The highest BCUT2D eigenvalue weighted by molar-refractivity contribution is 7.89. The average Bonchev–Trinajstić information content (AvgIpc) is 2.95. The lowest BCUT2D eigenvalue weighted by atomic mass is 10.2. The second kappa shape index (κ2) is 5.35. The highest BCUT2D eigenvalue weighted by Gasteiger charge is 2.26. The molecule has 0 aromatic carbocycles. The van der Waals surface area contributed by atoms with Crippen molar-refractivity contribution >= 4 is 27.3 Å². The lowest BCUT2D eigenvalue weighted by molar-refractivity contribution is 0.0690. The van der Waals surface area contributed by atoms with E-state index < -0.39 is 16.0 Å². The van der Waals surface area contributed by atoms with Crippen LogP contribution >= 0.6 is 11.3 Å². The molecule has 2 rings (SSSR count). The second-order valence-corrected chi connectivity index (χ2v) is 6.82. The topological polar surface area (TPSA) is 112 Å². The molecule has 2 aromatic heterocycles. The van der Waals surface area contributed by atoms with Crippen LogP contribution in [0, 0.1) is 13.8 Å². The third-order valence-corrected chi connectivity index (χ3v) is 5.20. The minimum absolute atomic E-state index is 0.0218. The summed E-state index contributed by atoms with van der Waals surface area (Å²) in [4.78, 5) is 17.5. The van der Waals surface area contributed by atoms with Crippen molar-refractivity contribution in [2.45, 2.75) is 25.3 Å². The number of H-pyrrole nitrogens is 1.